The first-order valence-electron chi connectivity index (χ1n) is 3.19. The summed E-state index contributed by atoms with van der Waals surface area (Å²) in [7, 11) is 0. The average Bonchev–Trinajstić information content (AvgIpc) is 1.64. The highest BCUT2D eigenvalue weighted by Gasteiger charge is 2.22. The molecule has 0 aliphatic heterocycles. The number of rotatable bonds is 1. The third-order valence-corrected chi connectivity index (χ3v) is 1.76. The number of hydrogen-bond donors (Lipinski definition) is 0. The van der Waals surface area contributed by atoms with Crippen molar-refractivity contribution in [2.75, 3.05) is 0 Å². The Balaban J connectivity index is 2.25. The molecular formula is C8H12. The summed E-state index contributed by atoms with van der Waals surface area (Å²) in [6.07, 6.45) is 4.78. The third kappa shape index (κ3) is 1.02. The molecule has 0 aromatic carbocycles. The first-order valence-corrected chi connectivity index (χ1v) is 3.19. The normalized spacial score (nSPS) is 35.1. The molecule has 0 aromatic rings. The zero-order valence-corrected chi connectivity index (χ0v) is 5.35. The van der Waals surface area contributed by atoms with E-state index in [4.69, 9.17) is 0 Å². The van der Waals surface area contributed by atoms with E-state index in [1.807, 2.05) is 0 Å². The van der Waals surface area contributed by atoms with Crippen molar-refractivity contribution in [2.45, 2.75) is 19.8 Å². The molecule has 0 heterocycles. The van der Waals surface area contributed by atoms with E-state index >= 15 is 0 Å². The summed E-state index contributed by atoms with van der Waals surface area (Å²) >= 11 is 0. The molecule has 1 saturated carbocycles. The molecule has 0 radical (unpaired) electrons. The van der Waals surface area contributed by atoms with Crippen LogP contribution < -0.4 is 0 Å². The van der Waals surface area contributed by atoms with Gasteiger partial charge in [0.15, 0.2) is 0 Å². The van der Waals surface area contributed by atoms with Gasteiger partial charge in [-0.15, -0.1) is 5.73 Å². The van der Waals surface area contributed by atoms with Gasteiger partial charge in [0.1, 0.15) is 0 Å². The van der Waals surface area contributed by atoms with Crippen molar-refractivity contribution < 1.29 is 0 Å². The van der Waals surface area contributed by atoms with E-state index in [1.54, 1.807) is 0 Å². The summed E-state index contributed by atoms with van der Waals surface area (Å²) in [5.41, 5.74) is 2.82. The van der Waals surface area contributed by atoms with Gasteiger partial charge < -0.3 is 0 Å². The van der Waals surface area contributed by atoms with Crippen LogP contribution in [0.2, 0.25) is 0 Å². The highest BCUT2D eigenvalue weighted by atomic mass is 14.3. The van der Waals surface area contributed by atoms with Gasteiger partial charge in [-0.1, -0.05) is 13.5 Å². The first kappa shape index (κ1) is 5.65. The molecule has 0 amide bonds. The van der Waals surface area contributed by atoms with Crippen LogP contribution in [-0.2, 0) is 0 Å². The van der Waals surface area contributed by atoms with Gasteiger partial charge in [0.05, 0.1) is 0 Å². The molecule has 44 valence electrons. The fourth-order valence-corrected chi connectivity index (χ4v) is 1.27. The van der Waals surface area contributed by atoms with Crippen molar-refractivity contribution in [2.24, 2.45) is 11.8 Å². The van der Waals surface area contributed by atoms with Crippen LogP contribution >= 0.6 is 0 Å². The maximum atomic E-state index is 3.53. The molecule has 0 unspecified atom stereocenters. The molecule has 0 heteroatoms. The van der Waals surface area contributed by atoms with Crippen molar-refractivity contribution in [3.63, 3.8) is 0 Å². The second kappa shape index (κ2) is 2.19. The minimum absolute atomic E-state index is 0.808. The molecule has 0 aromatic heterocycles. The molecule has 8 heavy (non-hydrogen) atoms. The van der Waals surface area contributed by atoms with Crippen LogP contribution in [0.5, 0.6) is 0 Å². The minimum Gasteiger partial charge on any atom is -0.133 e. The highest BCUT2D eigenvalue weighted by molar-refractivity contribution is 4.92. The molecule has 1 rings (SSSR count). The van der Waals surface area contributed by atoms with Gasteiger partial charge in [0, 0.05) is 0 Å². The van der Waals surface area contributed by atoms with E-state index in [1.165, 1.54) is 12.8 Å². The van der Waals surface area contributed by atoms with Gasteiger partial charge in [-0.25, -0.2) is 0 Å². The van der Waals surface area contributed by atoms with E-state index in [-0.39, 0.29) is 0 Å². The zero-order valence-electron chi connectivity index (χ0n) is 5.35. The molecule has 1 aliphatic rings. The van der Waals surface area contributed by atoms with Crippen LogP contribution in [0, 0.1) is 11.8 Å². The summed E-state index contributed by atoms with van der Waals surface area (Å²) in [5.74, 6) is 1.76. The van der Waals surface area contributed by atoms with Crippen molar-refractivity contribution in [1.29, 1.82) is 0 Å². The van der Waals surface area contributed by atoms with E-state index in [9.17, 15) is 0 Å². The monoisotopic (exact) mass is 108 g/mol. The first-order chi connectivity index (χ1) is 3.83. The number of hydrogen-bond acceptors (Lipinski definition) is 0. The Hall–Kier alpha value is -0.480. The molecule has 0 nitrogen and oxygen atoms in total. The minimum atomic E-state index is 0.808. The van der Waals surface area contributed by atoms with Crippen molar-refractivity contribution >= 4 is 0 Å². The Morgan fingerprint density at radius 1 is 1.62 bits per heavy atom. The average molecular weight is 108 g/mol. The molecule has 1 aliphatic carbocycles. The second-order valence-corrected chi connectivity index (χ2v) is 2.71. The van der Waals surface area contributed by atoms with Crippen molar-refractivity contribution in [1.82, 2.24) is 0 Å². The van der Waals surface area contributed by atoms with Gasteiger partial charge >= 0.3 is 0 Å². The fraction of sp³-hybridized carbons (Fsp3) is 0.625. The summed E-state index contributed by atoms with van der Waals surface area (Å²) in [4.78, 5) is 0. The lowest BCUT2D eigenvalue weighted by molar-refractivity contribution is 0.263. The van der Waals surface area contributed by atoms with Crippen LogP contribution in [0.4, 0.5) is 0 Å². The van der Waals surface area contributed by atoms with Crippen LogP contribution in [0.1, 0.15) is 19.8 Å². The van der Waals surface area contributed by atoms with E-state index in [0.717, 1.165) is 11.8 Å². The Kier molecular flexibility index (Phi) is 1.55. The molecule has 0 bridgehead atoms. The quantitative estimate of drug-likeness (QED) is 0.452. The lowest BCUT2D eigenvalue weighted by Gasteiger charge is -2.29. The summed E-state index contributed by atoms with van der Waals surface area (Å²) in [6, 6.07) is 0. The van der Waals surface area contributed by atoms with Crippen LogP contribution in [0.25, 0.3) is 0 Å². The largest absolute Gasteiger partial charge is 0.133 e. The Morgan fingerprint density at radius 2 is 2.25 bits per heavy atom. The predicted molar refractivity (Wildman–Crippen MR) is 35.6 cm³/mol. The Morgan fingerprint density at radius 3 is 2.62 bits per heavy atom. The van der Waals surface area contributed by atoms with Gasteiger partial charge in [-0.2, -0.15) is 0 Å². The standard InChI is InChI=1S/C8H12/c1-3-4-8-5-7(2)6-8/h4,7-8H,1,5-6H2,2H3. The van der Waals surface area contributed by atoms with Crippen molar-refractivity contribution in [3.05, 3.63) is 18.4 Å². The van der Waals surface area contributed by atoms with E-state index in [0.29, 0.717) is 0 Å². The Bertz CT molecular complexity index is 112. The van der Waals surface area contributed by atoms with E-state index < -0.39 is 0 Å². The molecule has 0 saturated heterocycles. The van der Waals surface area contributed by atoms with Crippen LogP contribution in [0.3, 0.4) is 0 Å². The predicted octanol–water partition coefficient (Wildman–Crippen LogP) is 2.37. The number of allylic oxidation sites excluding steroid dienone is 1. The van der Waals surface area contributed by atoms with Crippen LogP contribution in [0.15, 0.2) is 18.4 Å². The topological polar surface area (TPSA) is 0 Å². The summed E-state index contributed by atoms with van der Waals surface area (Å²) in [5, 5.41) is 0. The van der Waals surface area contributed by atoms with E-state index in [2.05, 4.69) is 25.3 Å². The Labute approximate surface area is 50.9 Å². The van der Waals surface area contributed by atoms with Crippen LogP contribution in [-0.4, -0.2) is 0 Å². The molecule has 1 fully saturated rings. The molecular weight excluding hydrogens is 96.1 g/mol. The van der Waals surface area contributed by atoms with Gasteiger partial charge in [-0.3, -0.25) is 0 Å². The highest BCUT2D eigenvalue weighted by Crippen LogP contribution is 2.33. The summed E-state index contributed by atoms with van der Waals surface area (Å²) in [6.45, 7) is 5.81. The molecule has 0 spiro atoms. The molecule has 0 N–H and O–H groups in total. The van der Waals surface area contributed by atoms with Gasteiger partial charge in [-0.05, 0) is 30.8 Å². The molecule has 0 atom stereocenters. The second-order valence-electron chi connectivity index (χ2n) is 2.71. The maximum Gasteiger partial charge on any atom is -0.0153 e. The SMILES string of the molecule is C=C=CC1CC(C)C1. The fourth-order valence-electron chi connectivity index (χ4n) is 1.27. The third-order valence-electron chi connectivity index (χ3n) is 1.76. The smallest absolute Gasteiger partial charge is 0.0153 e. The maximum absolute atomic E-state index is 3.53. The van der Waals surface area contributed by atoms with Crippen molar-refractivity contribution in [3.8, 4) is 0 Å². The lowest BCUT2D eigenvalue weighted by Crippen LogP contribution is -2.18. The van der Waals surface area contributed by atoms with Gasteiger partial charge in [0.2, 0.25) is 0 Å². The summed E-state index contributed by atoms with van der Waals surface area (Å²) < 4.78 is 0. The lowest BCUT2D eigenvalue weighted by atomic mass is 9.76. The van der Waals surface area contributed by atoms with Gasteiger partial charge in [0.25, 0.3) is 0 Å². The zero-order chi connectivity index (χ0) is 5.98.